The van der Waals surface area contributed by atoms with Crippen molar-refractivity contribution in [3.8, 4) is 0 Å². The van der Waals surface area contributed by atoms with Crippen molar-refractivity contribution in [2.24, 2.45) is 17.8 Å². The van der Waals surface area contributed by atoms with E-state index in [9.17, 15) is 14.0 Å². The summed E-state index contributed by atoms with van der Waals surface area (Å²) in [6.07, 6.45) is 28.9. The Morgan fingerprint density at radius 1 is 0.660 bits per heavy atom. The van der Waals surface area contributed by atoms with Crippen LogP contribution >= 0.6 is 24.2 Å². The van der Waals surface area contributed by atoms with E-state index >= 15 is 0 Å². The Bertz CT molecular complexity index is 817. The van der Waals surface area contributed by atoms with Crippen LogP contribution in [0.3, 0.4) is 0 Å². The summed E-state index contributed by atoms with van der Waals surface area (Å²) in [5.74, 6) is 2.40. The van der Waals surface area contributed by atoms with Crippen molar-refractivity contribution in [2.45, 2.75) is 232 Å². The number of hydrogen-bond donors (Lipinski definition) is 2. The highest BCUT2D eigenvalue weighted by Crippen LogP contribution is 2.54. The lowest BCUT2D eigenvalue weighted by atomic mass is 9.99. The first-order valence-corrected chi connectivity index (χ1v) is 25.3. The van der Waals surface area contributed by atoms with Crippen LogP contribution in [0.2, 0.25) is 0 Å². The zero-order valence-electron chi connectivity index (χ0n) is 33.6. The van der Waals surface area contributed by atoms with Crippen molar-refractivity contribution < 1.29 is 32.9 Å². The molecular weight excluding hydrogens is 685 g/mol. The summed E-state index contributed by atoms with van der Waals surface area (Å²) in [7, 11) is -4.52. The van der Waals surface area contributed by atoms with Crippen molar-refractivity contribution in [1.82, 2.24) is 0 Å². The van der Waals surface area contributed by atoms with Gasteiger partial charge in [0.25, 0.3) is 0 Å². The van der Waals surface area contributed by atoms with Gasteiger partial charge in [-0.2, -0.15) is 4.89 Å². The molecule has 0 aromatic rings. The van der Waals surface area contributed by atoms with Gasteiger partial charge in [-0.15, -0.1) is 0 Å². The molecule has 1 heterocycles. The van der Waals surface area contributed by atoms with E-state index in [0.29, 0.717) is 35.6 Å². The van der Waals surface area contributed by atoms with E-state index in [1.54, 1.807) is 0 Å². The average Bonchev–Trinajstić information content (AvgIpc) is 3.03. The molecule has 2 saturated carbocycles. The molecule has 0 amide bonds. The highest BCUT2D eigenvalue weighted by atomic mass is 31.2. The third kappa shape index (κ3) is 24.1. The predicted molar refractivity (Wildman–Crippen MR) is 216 cm³/mol. The summed E-state index contributed by atoms with van der Waals surface area (Å²) >= 11 is 0. The van der Waals surface area contributed by atoms with Crippen LogP contribution in [-0.4, -0.2) is 45.7 Å². The maximum absolute atomic E-state index is 12.6. The van der Waals surface area contributed by atoms with Crippen molar-refractivity contribution in [2.75, 3.05) is 6.16 Å². The average molecular weight is 768 g/mol. The second-order valence-corrected chi connectivity index (χ2v) is 21.0. The summed E-state index contributed by atoms with van der Waals surface area (Å²) in [4.78, 5) is 19.0. The van der Waals surface area contributed by atoms with Gasteiger partial charge in [-0.25, -0.2) is 0 Å². The van der Waals surface area contributed by atoms with Gasteiger partial charge in [0.1, 0.15) is 0 Å². The van der Waals surface area contributed by atoms with Crippen LogP contribution in [0.25, 0.3) is 0 Å². The Morgan fingerprint density at radius 3 is 1.46 bits per heavy atom. The van der Waals surface area contributed by atoms with Gasteiger partial charge >= 0.3 is 15.6 Å². The van der Waals surface area contributed by atoms with Crippen molar-refractivity contribution in [3.63, 3.8) is 0 Å². The fourth-order valence-corrected chi connectivity index (χ4v) is 10.7. The van der Waals surface area contributed by atoms with Gasteiger partial charge in [0.2, 0.25) is 0 Å². The van der Waals surface area contributed by atoms with Crippen LogP contribution in [0.15, 0.2) is 0 Å². The third-order valence-corrected chi connectivity index (χ3v) is 15.2. The van der Waals surface area contributed by atoms with E-state index in [2.05, 4.69) is 48.5 Å². The minimum absolute atomic E-state index is 0.00829. The molecule has 2 N–H and O–H groups in total. The quantitative estimate of drug-likeness (QED) is 0.112. The highest BCUT2D eigenvalue weighted by molar-refractivity contribution is 7.53. The van der Waals surface area contributed by atoms with E-state index in [-0.39, 0.29) is 18.1 Å². The molecule has 298 valence electrons. The van der Waals surface area contributed by atoms with Crippen molar-refractivity contribution in [3.05, 3.63) is 0 Å². The zero-order valence-corrected chi connectivity index (χ0v) is 36.4. The summed E-state index contributed by atoms with van der Waals surface area (Å²) < 4.78 is 40.7. The van der Waals surface area contributed by atoms with Crippen LogP contribution < -0.4 is 0 Å². The van der Waals surface area contributed by atoms with Gasteiger partial charge < -0.3 is 18.9 Å². The Balaban J connectivity index is 0.000000382. The lowest BCUT2D eigenvalue weighted by Gasteiger charge is -2.40. The molecule has 0 spiro atoms. The van der Waals surface area contributed by atoms with Crippen LogP contribution in [0.4, 0.5) is 0 Å². The van der Waals surface area contributed by atoms with Crippen LogP contribution in [-0.2, 0) is 23.1 Å². The van der Waals surface area contributed by atoms with E-state index in [1.807, 2.05) is 0 Å². The fraction of sp³-hybridized carbons (Fsp3) is 1.00. The number of rotatable bonds is 17. The van der Waals surface area contributed by atoms with Crippen LogP contribution in [0.1, 0.15) is 203 Å². The topological polar surface area (TPSA) is 102 Å². The molecule has 1 saturated heterocycles. The molecule has 50 heavy (non-hydrogen) atoms. The molecule has 0 radical (unpaired) electrons. The molecule has 3 rings (SSSR count). The molecule has 3 aliphatic rings. The Kier molecular flexibility index (Phi) is 29.0. The molecular formula is C40H82O7P3+. The lowest BCUT2D eigenvalue weighted by Crippen LogP contribution is -2.39. The minimum atomic E-state index is -3.42. The first-order valence-electron chi connectivity index (χ1n) is 21.1. The molecule has 4 atom stereocenters. The summed E-state index contributed by atoms with van der Waals surface area (Å²) in [5.41, 5.74) is -0.103. The first kappa shape index (κ1) is 48.6. The normalized spacial score (nSPS) is 25.0. The van der Waals surface area contributed by atoms with Gasteiger partial charge in [-0.1, -0.05) is 173 Å². The SMILES string of the molecule is CC(C)C1OC(C(C)C)PC(C(C)C)O1.CCCCCCCCCCCC[P+](=O)O.O=P(O)(OC1CCCCCCC1)C1CCCCCCC1. The lowest BCUT2D eigenvalue weighted by molar-refractivity contribution is -0.209. The second kappa shape index (κ2) is 29.9. The summed E-state index contributed by atoms with van der Waals surface area (Å²) in [6, 6.07) is 0. The standard InChI is InChI=1S/C16H31O3P.2C12H25O2P/c17-20(18,16-13-9-5-2-6-10-14-16)19-15-11-7-3-1-4-8-12-15;1-7(2)10-13-11(8(3)4)15-12(14-10)9(5)6;1-2-3-4-5-6-7-8-9-10-11-12-15(13)14/h15-16H,1-14H2,(H,17,18);7-12,15H,1-6H3;2-12H2,1H3/p+1. The van der Waals surface area contributed by atoms with E-state index in [0.717, 1.165) is 72.8 Å². The summed E-state index contributed by atoms with van der Waals surface area (Å²) in [5, 5.41) is 0. The minimum Gasteiger partial charge on any atom is -0.345 e. The molecule has 3 fully saturated rings. The molecule has 0 aromatic heterocycles. The van der Waals surface area contributed by atoms with Crippen molar-refractivity contribution >= 4 is 24.2 Å². The van der Waals surface area contributed by atoms with Gasteiger partial charge in [0, 0.05) is 5.92 Å². The van der Waals surface area contributed by atoms with Gasteiger partial charge in [0.15, 0.2) is 12.5 Å². The number of ether oxygens (including phenoxy) is 2. The second-order valence-electron chi connectivity index (χ2n) is 16.3. The van der Waals surface area contributed by atoms with E-state index in [4.69, 9.17) is 18.9 Å². The molecule has 4 unspecified atom stereocenters. The smallest absolute Gasteiger partial charge is 0.345 e. The van der Waals surface area contributed by atoms with E-state index in [1.165, 1.54) is 89.9 Å². The largest absolute Gasteiger partial charge is 0.505 e. The monoisotopic (exact) mass is 768 g/mol. The first-order chi connectivity index (χ1) is 23.9. The molecule has 0 aromatic carbocycles. The van der Waals surface area contributed by atoms with Crippen molar-refractivity contribution in [1.29, 1.82) is 0 Å². The molecule has 0 bridgehead atoms. The predicted octanol–water partition coefficient (Wildman–Crippen LogP) is 13.7. The van der Waals surface area contributed by atoms with Crippen LogP contribution in [0, 0.1) is 17.8 Å². The maximum atomic E-state index is 12.6. The molecule has 7 nitrogen and oxygen atoms in total. The summed E-state index contributed by atoms with van der Waals surface area (Å²) in [6.45, 7) is 15.5. The Morgan fingerprint density at radius 2 is 1.06 bits per heavy atom. The van der Waals surface area contributed by atoms with Crippen LogP contribution in [0.5, 0.6) is 0 Å². The fourth-order valence-electron chi connectivity index (χ4n) is 6.89. The Labute approximate surface area is 312 Å². The molecule has 1 aliphatic heterocycles. The Hall–Kier alpha value is 0.560. The zero-order chi connectivity index (χ0) is 37.2. The van der Waals surface area contributed by atoms with Gasteiger partial charge in [0.05, 0.1) is 23.5 Å². The van der Waals surface area contributed by atoms with E-state index < -0.39 is 15.6 Å². The number of hydrogen-bond acceptors (Lipinski definition) is 5. The van der Waals surface area contributed by atoms with Gasteiger partial charge in [-0.3, -0.25) is 4.57 Å². The highest BCUT2D eigenvalue weighted by Gasteiger charge is 2.35. The molecule has 2 aliphatic carbocycles. The maximum Gasteiger partial charge on any atom is 0.505 e. The number of unbranched alkanes of at least 4 members (excludes halogenated alkanes) is 9. The van der Waals surface area contributed by atoms with Gasteiger partial charge in [-0.05, 0) is 54.9 Å². The third-order valence-electron chi connectivity index (χ3n) is 10.2. The molecule has 10 heteroatoms.